The lowest BCUT2D eigenvalue weighted by molar-refractivity contribution is -0.115. The van der Waals surface area contributed by atoms with Crippen LogP contribution >= 0.6 is 23.4 Å². The van der Waals surface area contributed by atoms with Gasteiger partial charge in [0.15, 0.2) is 0 Å². The van der Waals surface area contributed by atoms with E-state index in [-0.39, 0.29) is 16.2 Å². The Labute approximate surface area is 138 Å². The highest BCUT2D eigenvalue weighted by Gasteiger charge is 2.18. The third-order valence-electron chi connectivity index (χ3n) is 2.99. The van der Waals surface area contributed by atoms with Crippen molar-refractivity contribution < 1.29 is 9.18 Å². The fourth-order valence-electron chi connectivity index (χ4n) is 1.87. The molecular formula is C16H16ClFN2OS. The van der Waals surface area contributed by atoms with E-state index in [1.165, 1.54) is 30.0 Å². The molecular weight excluding hydrogens is 323 g/mol. The Kier molecular flexibility index (Phi) is 5.69. The Balaban J connectivity index is 2.06. The molecule has 0 aliphatic heterocycles. The predicted octanol–water partition coefficient (Wildman–Crippen LogP) is 4.57. The second kappa shape index (κ2) is 7.51. The Hall–Kier alpha value is -1.72. The summed E-state index contributed by atoms with van der Waals surface area (Å²) in [5.41, 5.74) is 6.88. The molecule has 0 aromatic heterocycles. The number of benzene rings is 2. The monoisotopic (exact) mass is 338 g/mol. The third kappa shape index (κ3) is 4.39. The second-order valence-corrected chi connectivity index (χ2v) is 6.39. The van der Waals surface area contributed by atoms with Crippen molar-refractivity contribution in [2.24, 2.45) is 0 Å². The first-order valence-electron chi connectivity index (χ1n) is 6.77. The molecule has 0 bridgehead atoms. The number of thioether (sulfide) groups is 1. The van der Waals surface area contributed by atoms with Crippen LogP contribution in [0.3, 0.4) is 0 Å². The van der Waals surface area contributed by atoms with Gasteiger partial charge in [-0.1, -0.05) is 24.6 Å². The summed E-state index contributed by atoms with van der Waals surface area (Å²) in [6, 6.07) is 11.5. The third-order valence-corrected chi connectivity index (χ3v) is 4.63. The van der Waals surface area contributed by atoms with Gasteiger partial charge in [0.1, 0.15) is 5.82 Å². The second-order valence-electron chi connectivity index (χ2n) is 4.71. The van der Waals surface area contributed by atoms with Crippen molar-refractivity contribution in [3.63, 3.8) is 0 Å². The molecule has 2 aromatic rings. The van der Waals surface area contributed by atoms with Gasteiger partial charge in [-0.2, -0.15) is 0 Å². The summed E-state index contributed by atoms with van der Waals surface area (Å²) in [6.45, 7) is 1.93. The highest BCUT2D eigenvalue weighted by molar-refractivity contribution is 8.00. The summed E-state index contributed by atoms with van der Waals surface area (Å²) in [6.07, 6.45) is 0.653. The number of nitrogen functional groups attached to an aromatic ring is 1. The van der Waals surface area contributed by atoms with Crippen molar-refractivity contribution in [2.45, 2.75) is 23.5 Å². The number of hydrogen-bond acceptors (Lipinski definition) is 3. The molecule has 1 amide bonds. The molecule has 3 N–H and O–H groups in total. The number of halogens is 2. The van der Waals surface area contributed by atoms with Crippen LogP contribution in [0, 0.1) is 5.82 Å². The van der Waals surface area contributed by atoms with Crippen molar-refractivity contribution in [1.82, 2.24) is 0 Å². The number of rotatable bonds is 5. The maximum absolute atomic E-state index is 13.1. The molecule has 0 spiro atoms. The van der Waals surface area contributed by atoms with E-state index in [1.807, 2.05) is 25.1 Å². The number of carbonyl (C=O) groups is 1. The summed E-state index contributed by atoms with van der Waals surface area (Å²) in [5, 5.41) is 2.46. The Bertz CT molecular complexity index is 681. The number of nitrogens with one attached hydrogen (secondary N) is 1. The van der Waals surface area contributed by atoms with Gasteiger partial charge in [0.25, 0.3) is 0 Å². The van der Waals surface area contributed by atoms with E-state index in [9.17, 15) is 9.18 Å². The fourth-order valence-corrected chi connectivity index (χ4v) is 3.07. The van der Waals surface area contributed by atoms with E-state index >= 15 is 0 Å². The molecule has 2 rings (SSSR count). The standard InChI is InChI=1S/C16H16ClFN2OS/c1-2-15(22-12-5-3-4-10(19)8-12)16(21)20-11-6-7-14(18)13(17)9-11/h3-9,15H,2,19H2,1H3,(H,20,21). The molecule has 0 fully saturated rings. The van der Waals surface area contributed by atoms with Gasteiger partial charge >= 0.3 is 0 Å². The fraction of sp³-hybridized carbons (Fsp3) is 0.188. The summed E-state index contributed by atoms with van der Waals surface area (Å²) in [7, 11) is 0. The summed E-state index contributed by atoms with van der Waals surface area (Å²) in [5.74, 6) is -0.668. The number of amides is 1. The quantitative estimate of drug-likeness (QED) is 0.620. The van der Waals surface area contributed by atoms with E-state index < -0.39 is 5.82 Å². The first-order chi connectivity index (χ1) is 10.5. The van der Waals surface area contributed by atoms with Crippen molar-refractivity contribution >= 4 is 40.6 Å². The van der Waals surface area contributed by atoms with Gasteiger partial charge in [-0.05, 0) is 42.8 Å². The predicted molar refractivity (Wildman–Crippen MR) is 90.8 cm³/mol. The molecule has 0 saturated heterocycles. The highest BCUT2D eigenvalue weighted by Crippen LogP contribution is 2.28. The minimum absolute atomic E-state index is 0.0191. The van der Waals surface area contributed by atoms with Crippen LogP contribution < -0.4 is 11.1 Å². The molecule has 6 heteroatoms. The van der Waals surface area contributed by atoms with Gasteiger partial charge in [-0.25, -0.2) is 4.39 Å². The normalized spacial score (nSPS) is 12.0. The van der Waals surface area contributed by atoms with Crippen LogP contribution in [0.4, 0.5) is 15.8 Å². The Morgan fingerprint density at radius 2 is 2.14 bits per heavy atom. The van der Waals surface area contributed by atoms with Crippen molar-refractivity contribution in [3.8, 4) is 0 Å². The van der Waals surface area contributed by atoms with Gasteiger partial charge in [-0.15, -0.1) is 11.8 Å². The summed E-state index contributed by atoms with van der Waals surface area (Å²) < 4.78 is 13.1. The number of anilines is 2. The lowest BCUT2D eigenvalue weighted by atomic mass is 10.2. The Morgan fingerprint density at radius 1 is 1.36 bits per heavy atom. The van der Waals surface area contributed by atoms with E-state index in [2.05, 4.69) is 5.32 Å². The smallest absolute Gasteiger partial charge is 0.237 e. The number of carbonyl (C=O) groups excluding carboxylic acids is 1. The van der Waals surface area contributed by atoms with E-state index in [0.29, 0.717) is 17.8 Å². The molecule has 22 heavy (non-hydrogen) atoms. The first kappa shape index (κ1) is 16.6. The number of nitrogens with two attached hydrogens (primary N) is 1. The van der Waals surface area contributed by atoms with E-state index in [1.54, 1.807) is 6.07 Å². The van der Waals surface area contributed by atoms with Crippen LogP contribution in [-0.2, 0) is 4.79 Å². The van der Waals surface area contributed by atoms with E-state index in [4.69, 9.17) is 17.3 Å². The average Bonchev–Trinajstić information content (AvgIpc) is 2.48. The van der Waals surface area contributed by atoms with Crippen LogP contribution in [0.15, 0.2) is 47.4 Å². The zero-order valence-electron chi connectivity index (χ0n) is 12.0. The van der Waals surface area contributed by atoms with Crippen molar-refractivity contribution in [2.75, 3.05) is 11.1 Å². The lowest BCUT2D eigenvalue weighted by Crippen LogP contribution is -2.24. The van der Waals surface area contributed by atoms with Gasteiger partial charge < -0.3 is 11.1 Å². The molecule has 2 aromatic carbocycles. The highest BCUT2D eigenvalue weighted by atomic mass is 35.5. The zero-order chi connectivity index (χ0) is 16.1. The Morgan fingerprint density at radius 3 is 2.77 bits per heavy atom. The van der Waals surface area contributed by atoms with E-state index in [0.717, 1.165) is 4.90 Å². The minimum atomic E-state index is -0.513. The number of hydrogen-bond donors (Lipinski definition) is 2. The molecule has 1 unspecified atom stereocenters. The molecule has 0 radical (unpaired) electrons. The van der Waals surface area contributed by atoms with Gasteiger partial charge in [0, 0.05) is 16.3 Å². The first-order valence-corrected chi connectivity index (χ1v) is 8.03. The van der Waals surface area contributed by atoms with Gasteiger partial charge in [0.2, 0.25) is 5.91 Å². The lowest BCUT2D eigenvalue weighted by Gasteiger charge is -2.15. The topological polar surface area (TPSA) is 55.1 Å². The van der Waals surface area contributed by atoms with Crippen LogP contribution in [0.1, 0.15) is 13.3 Å². The van der Waals surface area contributed by atoms with Crippen LogP contribution in [-0.4, -0.2) is 11.2 Å². The molecule has 1 atom stereocenters. The maximum Gasteiger partial charge on any atom is 0.237 e. The maximum atomic E-state index is 13.1. The van der Waals surface area contributed by atoms with Gasteiger partial charge in [-0.3, -0.25) is 4.79 Å². The summed E-state index contributed by atoms with van der Waals surface area (Å²) >= 11 is 7.15. The van der Waals surface area contributed by atoms with Crippen LogP contribution in [0.2, 0.25) is 5.02 Å². The minimum Gasteiger partial charge on any atom is -0.399 e. The van der Waals surface area contributed by atoms with Gasteiger partial charge in [0.05, 0.1) is 10.3 Å². The molecule has 0 heterocycles. The summed E-state index contributed by atoms with van der Waals surface area (Å²) in [4.78, 5) is 13.3. The largest absolute Gasteiger partial charge is 0.399 e. The molecule has 3 nitrogen and oxygen atoms in total. The molecule has 0 saturated carbocycles. The molecule has 0 aliphatic rings. The average molecular weight is 339 g/mol. The van der Waals surface area contributed by atoms with Crippen LogP contribution in [0.5, 0.6) is 0 Å². The van der Waals surface area contributed by atoms with Crippen LogP contribution in [0.25, 0.3) is 0 Å². The SMILES string of the molecule is CCC(Sc1cccc(N)c1)C(=O)Nc1ccc(F)c(Cl)c1. The van der Waals surface area contributed by atoms with Crippen molar-refractivity contribution in [3.05, 3.63) is 53.3 Å². The molecule has 0 aliphatic carbocycles. The molecule has 116 valence electrons. The van der Waals surface area contributed by atoms with Crippen molar-refractivity contribution in [1.29, 1.82) is 0 Å². The zero-order valence-corrected chi connectivity index (χ0v) is 13.5.